The number of carbonyl (C=O) groups is 1. The minimum atomic E-state index is -0.107. The number of carbonyl (C=O) groups excluding carboxylic acids is 1. The van der Waals surface area contributed by atoms with Crippen molar-refractivity contribution in [3.05, 3.63) is 39.4 Å². The van der Waals surface area contributed by atoms with Crippen LogP contribution in [-0.2, 0) is 0 Å². The minimum absolute atomic E-state index is 0.00688. The standard InChI is InChI=1S/C19H28N6O2/c1-12(2)25-17(26)9-8-16(23-25)24-10-6-5-7-15(24)11-20-19(27)18-13(3)21-22-14(18)4/h8-9,12,15H,5-7,10-11H2,1-4H3,(H,20,27)(H,21,22). The summed E-state index contributed by atoms with van der Waals surface area (Å²) in [6.45, 7) is 8.97. The van der Waals surface area contributed by atoms with E-state index in [1.54, 1.807) is 12.1 Å². The highest BCUT2D eigenvalue weighted by Crippen LogP contribution is 2.22. The Labute approximate surface area is 159 Å². The summed E-state index contributed by atoms with van der Waals surface area (Å²) in [6.07, 6.45) is 3.17. The van der Waals surface area contributed by atoms with E-state index >= 15 is 0 Å². The van der Waals surface area contributed by atoms with Crippen molar-refractivity contribution in [2.45, 2.75) is 59.0 Å². The molecule has 0 aliphatic carbocycles. The molecule has 1 amide bonds. The van der Waals surface area contributed by atoms with Crippen LogP contribution < -0.4 is 15.8 Å². The highest BCUT2D eigenvalue weighted by Gasteiger charge is 2.25. The average molecular weight is 372 g/mol. The van der Waals surface area contributed by atoms with Gasteiger partial charge in [0.25, 0.3) is 11.5 Å². The molecule has 3 rings (SSSR count). The summed E-state index contributed by atoms with van der Waals surface area (Å²) in [5, 5.41) is 14.5. The second-order valence-electron chi connectivity index (χ2n) is 7.43. The molecule has 146 valence electrons. The van der Waals surface area contributed by atoms with Crippen molar-refractivity contribution in [1.82, 2.24) is 25.3 Å². The summed E-state index contributed by atoms with van der Waals surface area (Å²) in [5.41, 5.74) is 2.00. The second kappa shape index (κ2) is 7.94. The number of H-pyrrole nitrogens is 1. The van der Waals surface area contributed by atoms with Gasteiger partial charge in [0, 0.05) is 30.9 Å². The van der Waals surface area contributed by atoms with Crippen molar-refractivity contribution in [2.75, 3.05) is 18.0 Å². The maximum absolute atomic E-state index is 12.6. The molecule has 1 aliphatic heterocycles. The number of nitrogens with zero attached hydrogens (tertiary/aromatic N) is 4. The summed E-state index contributed by atoms with van der Waals surface area (Å²) in [5.74, 6) is 0.683. The van der Waals surface area contributed by atoms with Crippen LogP contribution in [0.25, 0.3) is 0 Å². The van der Waals surface area contributed by atoms with Gasteiger partial charge in [-0.2, -0.15) is 10.2 Å². The number of piperidine rings is 1. The Balaban J connectivity index is 1.75. The zero-order chi connectivity index (χ0) is 19.6. The molecule has 0 radical (unpaired) electrons. The maximum Gasteiger partial charge on any atom is 0.267 e. The molecule has 2 N–H and O–H groups in total. The van der Waals surface area contributed by atoms with Crippen LogP contribution in [0.2, 0.25) is 0 Å². The molecule has 8 nitrogen and oxygen atoms in total. The Kier molecular flexibility index (Phi) is 5.62. The summed E-state index contributed by atoms with van der Waals surface area (Å²) >= 11 is 0. The van der Waals surface area contributed by atoms with Gasteiger partial charge in [0.15, 0.2) is 0 Å². The fourth-order valence-corrected chi connectivity index (χ4v) is 3.64. The molecule has 0 spiro atoms. The van der Waals surface area contributed by atoms with Gasteiger partial charge in [0.05, 0.1) is 17.3 Å². The van der Waals surface area contributed by atoms with Crippen LogP contribution in [0.15, 0.2) is 16.9 Å². The first-order valence-corrected chi connectivity index (χ1v) is 9.54. The minimum Gasteiger partial charge on any atom is -0.350 e. The number of hydrogen-bond donors (Lipinski definition) is 2. The van der Waals surface area contributed by atoms with Crippen LogP contribution in [0.4, 0.5) is 5.82 Å². The Morgan fingerprint density at radius 1 is 1.33 bits per heavy atom. The molecule has 0 saturated carbocycles. The van der Waals surface area contributed by atoms with E-state index in [4.69, 9.17) is 0 Å². The molecule has 1 saturated heterocycles. The molecule has 0 bridgehead atoms. The van der Waals surface area contributed by atoms with Crippen LogP contribution in [0.5, 0.6) is 0 Å². The van der Waals surface area contributed by atoms with Gasteiger partial charge in [0.2, 0.25) is 0 Å². The molecule has 27 heavy (non-hydrogen) atoms. The van der Waals surface area contributed by atoms with Gasteiger partial charge in [-0.25, -0.2) is 4.68 Å². The normalized spacial score (nSPS) is 17.4. The fraction of sp³-hybridized carbons (Fsp3) is 0.579. The third kappa shape index (κ3) is 4.04. The van der Waals surface area contributed by atoms with E-state index in [9.17, 15) is 9.59 Å². The van der Waals surface area contributed by atoms with Crippen molar-refractivity contribution in [2.24, 2.45) is 0 Å². The molecule has 1 aliphatic rings. The molecular formula is C19H28N6O2. The number of nitrogens with one attached hydrogen (secondary N) is 2. The quantitative estimate of drug-likeness (QED) is 0.836. The van der Waals surface area contributed by atoms with Crippen molar-refractivity contribution in [3.63, 3.8) is 0 Å². The van der Waals surface area contributed by atoms with Crippen LogP contribution in [0.3, 0.4) is 0 Å². The lowest BCUT2D eigenvalue weighted by Crippen LogP contribution is -2.47. The monoisotopic (exact) mass is 372 g/mol. The zero-order valence-corrected chi connectivity index (χ0v) is 16.5. The molecule has 2 aromatic heterocycles. The van der Waals surface area contributed by atoms with Gasteiger partial charge in [-0.15, -0.1) is 0 Å². The SMILES string of the molecule is Cc1n[nH]c(C)c1C(=O)NCC1CCCCN1c1ccc(=O)n(C(C)C)n1. The lowest BCUT2D eigenvalue weighted by molar-refractivity contribution is 0.0948. The predicted octanol–water partition coefficient (Wildman–Crippen LogP) is 1.95. The zero-order valence-electron chi connectivity index (χ0n) is 16.5. The Morgan fingerprint density at radius 3 is 2.78 bits per heavy atom. The van der Waals surface area contributed by atoms with E-state index in [-0.39, 0.29) is 23.6 Å². The third-order valence-electron chi connectivity index (χ3n) is 5.07. The van der Waals surface area contributed by atoms with Gasteiger partial charge in [0.1, 0.15) is 5.82 Å². The summed E-state index contributed by atoms with van der Waals surface area (Å²) in [6, 6.07) is 3.52. The lowest BCUT2D eigenvalue weighted by atomic mass is 10.0. The molecule has 3 heterocycles. The number of aromatic amines is 1. The molecule has 1 unspecified atom stereocenters. The van der Waals surface area contributed by atoms with Gasteiger partial charge in [-0.1, -0.05) is 0 Å². The van der Waals surface area contributed by atoms with Crippen molar-refractivity contribution in [3.8, 4) is 0 Å². The predicted molar refractivity (Wildman–Crippen MR) is 104 cm³/mol. The highest BCUT2D eigenvalue weighted by molar-refractivity contribution is 5.96. The van der Waals surface area contributed by atoms with Crippen molar-refractivity contribution in [1.29, 1.82) is 0 Å². The summed E-state index contributed by atoms with van der Waals surface area (Å²) < 4.78 is 1.51. The van der Waals surface area contributed by atoms with Crippen molar-refractivity contribution >= 4 is 11.7 Å². The van der Waals surface area contributed by atoms with Crippen LogP contribution in [0.1, 0.15) is 60.9 Å². The summed E-state index contributed by atoms with van der Waals surface area (Å²) in [7, 11) is 0. The van der Waals surface area contributed by atoms with E-state index < -0.39 is 0 Å². The van der Waals surface area contributed by atoms with Crippen LogP contribution >= 0.6 is 0 Å². The smallest absolute Gasteiger partial charge is 0.267 e. The fourth-order valence-electron chi connectivity index (χ4n) is 3.64. The molecule has 1 fully saturated rings. The maximum atomic E-state index is 12.6. The highest BCUT2D eigenvalue weighted by atomic mass is 16.1. The first kappa shape index (κ1) is 19.1. The second-order valence-corrected chi connectivity index (χ2v) is 7.43. The van der Waals surface area contributed by atoms with E-state index in [2.05, 4.69) is 25.5 Å². The lowest BCUT2D eigenvalue weighted by Gasteiger charge is -2.37. The van der Waals surface area contributed by atoms with Gasteiger partial charge >= 0.3 is 0 Å². The molecule has 8 heteroatoms. The van der Waals surface area contributed by atoms with Crippen LogP contribution in [-0.4, -0.2) is 45.0 Å². The number of amides is 1. The van der Waals surface area contributed by atoms with Gasteiger partial charge < -0.3 is 10.2 Å². The van der Waals surface area contributed by atoms with Gasteiger partial charge in [-0.05, 0) is 53.0 Å². The topological polar surface area (TPSA) is 95.9 Å². The van der Waals surface area contributed by atoms with E-state index in [0.29, 0.717) is 17.8 Å². The average Bonchev–Trinajstić information content (AvgIpc) is 2.98. The summed E-state index contributed by atoms with van der Waals surface area (Å²) in [4.78, 5) is 26.8. The first-order chi connectivity index (χ1) is 12.9. The largest absolute Gasteiger partial charge is 0.350 e. The number of aromatic nitrogens is 4. The number of anilines is 1. The molecule has 2 aromatic rings. The number of aryl methyl sites for hydroxylation is 2. The Hall–Kier alpha value is -2.64. The van der Waals surface area contributed by atoms with Crippen molar-refractivity contribution < 1.29 is 4.79 Å². The Morgan fingerprint density at radius 2 is 2.11 bits per heavy atom. The number of rotatable bonds is 5. The number of hydrogen-bond acceptors (Lipinski definition) is 5. The van der Waals surface area contributed by atoms with E-state index in [1.165, 1.54) is 4.68 Å². The first-order valence-electron chi connectivity index (χ1n) is 9.54. The molecule has 0 aromatic carbocycles. The Bertz CT molecular complexity index is 850. The van der Waals surface area contributed by atoms with Gasteiger partial charge in [-0.3, -0.25) is 14.7 Å². The van der Waals surface area contributed by atoms with E-state index in [0.717, 1.165) is 37.3 Å². The molecular weight excluding hydrogens is 344 g/mol. The van der Waals surface area contributed by atoms with Crippen LogP contribution in [0, 0.1) is 13.8 Å². The van der Waals surface area contributed by atoms with E-state index in [1.807, 2.05) is 27.7 Å². The third-order valence-corrected chi connectivity index (χ3v) is 5.07. The molecule has 1 atom stereocenters.